The van der Waals surface area contributed by atoms with E-state index in [1.54, 1.807) is 39.1 Å². The van der Waals surface area contributed by atoms with Crippen LogP contribution in [0, 0.1) is 12.7 Å². The van der Waals surface area contributed by atoms with Gasteiger partial charge < -0.3 is 5.32 Å². The van der Waals surface area contributed by atoms with E-state index in [2.05, 4.69) is 10.3 Å². The number of hydrogen-bond donors (Lipinski definition) is 1. The number of carbonyl (C=O) groups is 1. The second-order valence-corrected chi connectivity index (χ2v) is 8.69. The third-order valence-electron chi connectivity index (χ3n) is 5.08. The van der Waals surface area contributed by atoms with Gasteiger partial charge in [-0.2, -0.15) is 0 Å². The van der Waals surface area contributed by atoms with Crippen molar-refractivity contribution < 1.29 is 9.18 Å². The van der Waals surface area contributed by atoms with E-state index in [-0.39, 0.29) is 23.7 Å². The molecule has 0 aliphatic heterocycles. The van der Waals surface area contributed by atoms with Crippen LogP contribution in [0.1, 0.15) is 29.3 Å². The van der Waals surface area contributed by atoms with Gasteiger partial charge in [0.05, 0.1) is 5.25 Å². The lowest BCUT2D eigenvalue weighted by Crippen LogP contribution is -2.33. The van der Waals surface area contributed by atoms with Gasteiger partial charge in [-0.05, 0) is 37.5 Å². The van der Waals surface area contributed by atoms with Crippen LogP contribution in [0.25, 0.3) is 0 Å². The molecule has 1 heterocycles. The molecule has 0 aliphatic carbocycles. The molecule has 162 valence electrons. The zero-order chi connectivity index (χ0) is 22.4. The summed E-state index contributed by atoms with van der Waals surface area (Å²) in [4.78, 5) is 29.9. The summed E-state index contributed by atoms with van der Waals surface area (Å²) in [5.41, 5.74) is 2.39. The number of hydrogen-bond acceptors (Lipinski definition) is 4. The molecule has 0 fully saturated rings. The second-order valence-electron chi connectivity index (χ2n) is 7.38. The van der Waals surface area contributed by atoms with E-state index in [4.69, 9.17) is 0 Å². The topological polar surface area (TPSA) is 64.0 Å². The Hall–Kier alpha value is -2.93. The maximum absolute atomic E-state index is 14.0. The maximum Gasteiger partial charge on any atom is 0.257 e. The predicted octanol–water partition coefficient (Wildman–Crippen LogP) is 3.66. The third kappa shape index (κ3) is 5.82. The molecule has 5 nitrogen and oxygen atoms in total. The summed E-state index contributed by atoms with van der Waals surface area (Å²) in [6.45, 7) is 4.07. The summed E-state index contributed by atoms with van der Waals surface area (Å²) < 4.78 is 15.4. The monoisotopic (exact) mass is 439 g/mol. The minimum Gasteiger partial charge on any atom is -0.355 e. The van der Waals surface area contributed by atoms with Crippen LogP contribution in [0.2, 0.25) is 0 Å². The molecular weight excluding hydrogens is 413 g/mol. The number of amides is 1. The van der Waals surface area contributed by atoms with E-state index in [9.17, 15) is 14.0 Å². The molecule has 7 heteroatoms. The minimum absolute atomic E-state index is 0.108. The number of aryl methyl sites for hydroxylation is 1. The molecule has 1 N–H and O–H groups in total. The van der Waals surface area contributed by atoms with Crippen LogP contribution in [-0.2, 0) is 24.7 Å². The minimum atomic E-state index is -0.411. The Morgan fingerprint density at radius 1 is 1.16 bits per heavy atom. The first-order valence-corrected chi connectivity index (χ1v) is 11.0. The van der Waals surface area contributed by atoms with Crippen molar-refractivity contribution in [2.45, 2.75) is 37.1 Å². The number of aromatic nitrogens is 2. The van der Waals surface area contributed by atoms with Crippen LogP contribution in [0.15, 0.2) is 64.5 Å². The van der Waals surface area contributed by atoms with Gasteiger partial charge in [0.25, 0.3) is 5.56 Å². The van der Waals surface area contributed by atoms with E-state index in [0.717, 1.165) is 12.0 Å². The highest BCUT2D eigenvalue weighted by Gasteiger charge is 2.19. The number of carbonyl (C=O) groups excluding carboxylic acids is 1. The molecule has 2 aromatic carbocycles. The lowest BCUT2D eigenvalue weighted by Gasteiger charge is -2.16. The van der Waals surface area contributed by atoms with Gasteiger partial charge in [0.15, 0.2) is 5.16 Å². The quantitative estimate of drug-likeness (QED) is 0.430. The molecule has 1 aromatic heterocycles. The maximum atomic E-state index is 14.0. The van der Waals surface area contributed by atoms with Crippen molar-refractivity contribution in [3.63, 3.8) is 0 Å². The summed E-state index contributed by atoms with van der Waals surface area (Å²) in [7, 11) is 1.63. The molecule has 1 unspecified atom stereocenters. The van der Waals surface area contributed by atoms with Crippen LogP contribution in [0.4, 0.5) is 4.39 Å². The second kappa shape index (κ2) is 10.4. The molecule has 3 aromatic rings. The van der Waals surface area contributed by atoms with Gasteiger partial charge in [-0.15, -0.1) is 0 Å². The number of nitrogens with one attached hydrogen (secondary N) is 1. The zero-order valence-electron chi connectivity index (χ0n) is 17.9. The number of rotatable bonds is 8. The van der Waals surface area contributed by atoms with E-state index in [1.165, 1.54) is 22.4 Å². The first kappa shape index (κ1) is 22.7. The Bertz CT molecular complexity index is 1120. The summed E-state index contributed by atoms with van der Waals surface area (Å²) in [5.74, 6) is -0.452. The molecule has 1 atom stereocenters. The highest BCUT2D eigenvalue weighted by atomic mass is 32.2. The van der Waals surface area contributed by atoms with Crippen molar-refractivity contribution in [3.8, 4) is 0 Å². The van der Waals surface area contributed by atoms with Gasteiger partial charge in [-0.3, -0.25) is 14.2 Å². The lowest BCUT2D eigenvalue weighted by atomic mass is 10.0. The van der Waals surface area contributed by atoms with Gasteiger partial charge in [-0.25, -0.2) is 9.37 Å². The average Bonchev–Trinajstić information content (AvgIpc) is 2.76. The predicted molar refractivity (Wildman–Crippen MR) is 122 cm³/mol. The van der Waals surface area contributed by atoms with Crippen LogP contribution >= 0.6 is 11.8 Å². The van der Waals surface area contributed by atoms with Gasteiger partial charge >= 0.3 is 0 Å². The van der Waals surface area contributed by atoms with Crippen molar-refractivity contribution in [1.82, 2.24) is 14.9 Å². The molecule has 0 bridgehead atoms. The molecule has 0 saturated heterocycles. The molecule has 1 amide bonds. The van der Waals surface area contributed by atoms with E-state index < -0.39 is 5.25 Å². The van der Waals surface area contributed by atoms with Gasteiger partial charge in [0.1, 0.15) is 5.82 Å². The summed E-state index contributed by atoms with van der Waals surface area (Å²) in [6.07, 6.45) is 0.934. The Morgan fingerprint density at radius 3 is 2.55 bits per heavy atom. The fourth-order valence-corrected chi connectivity index (χ4v) is 4.14. The van der Waals surface area contributed by atoms with Crippen LogP contribution in [-0.4, -0.2) is 27.3 Å². The van der Waals surface area contributed by atoms with Crippen molar-refractivity contribution in [2.75, 3.05) is 6.54 Å². The van der Waals surface area contributed by atoms with Crippen molar-refractivity contribution in [2.24, 2.45) is 7.05 Å². The van der Waals surface area contributed by atoms with Crippen LogP contribution in [0.5, 0.6) is 0 Å². The highest BCUT2D eigenvalue weighted by Crippen LogP contribution is 2.22. The third-order valence-corrected chi connectivity index (χ3v) is 6.23. The molecule has 31 heavy (non-hydrogen) atoms. The van der Waals surface area contributed by atoms with Crippen LogP contribution in [0.3, 0.4) is 0 Å². The summed E-state index contributed by atoms with van der Waals surface area (Å²) in [5, 5.41) is 2.99. The average molecular weight is 440 g/mol. The van der Waals surface area contributed by atoms with Gasteiger partial charge in [0, 0.05) is 31.3 Å². The van der Waals surface area contributed by atoms with E-state index >= 15 is 0 Å². The Balaban J connectivity index is 1.66. The molecule has 0 spiro atoms. The Labute approximate surface area is 185 Å². The molecular formula is C24H26FN3O2S. The molecule has 0 radical (unpaired) electrons. The fourth-order valence-electron chi connectivity index (χ4n) is 3.20. The number of benzene rings is 2. The summed E-state index contributed by atoms with van der Waals surface area (Å²) >= 11 is 1.24. The molecule has 0 aliphatic rings. The smallest absolute Gasteiger partial charge is 0.257 e. The van der Waals surface area contributed by atoms with Crippen molar-refractivity contribution >= 4 is 17.7 Å². The van der Waals surface area contributed by atoms with Crippen molar-refractivity contribution in [3.05, 3.63) is 93.2 Å². The first-order chi connectivity index (χ1) is 14.9. The van der Waals surface area contributed by atoms with E-state index in [1.807, 2.05) is 30.3 Å². The molecule has 3 rings (SSSR count). The van der Waals surface area contributed by atoms with E-state index in [0.29, 0.717) is 28.5 Å². The normalized spacial score (nSPS) is 11.9. The standard InChI is InChI=1S/C24H26FN3O2S/c1-16-20(15-19-11-7-8-12-21(19)25)23(30)28(3)24(27-16)31-17(2)22(29)26-14-13-18-9-5-4-6-10-18/h4-12,17H,13-15H2,1-3H3,(H,26,29). The van der Waals surface area contributed by atoms with Gasteiger partial charge in [-0.1, -0.05) is 60.3 Å². The largest absolute Gasteiger partial charge is 0.355 e. The highest BCUT2D eigenvalue weighted by molar-refractivity contribution is 8.00. The summed E-state index contributed by atoms with van der Waals surface area (Å²) in [6, 6.07) is 16.4. The Kier molecular flexibility index (Phi) is 7.63. The SMILES string of the molecule is Cc1nc(SC(C)C(=O)NCCc2ccccc2)n(C)c(=O)c1Cc1ccccc1F. The Morgan fingerprint density at radius 2 is 1.84 bits per heavy atom. The number of halogens is 1. The number of thioether (sulfide) groups is 1. The van der Waals surface area contributed by atoms with Gasteiger partial charge in [0.2, 0.25) is 5.91 Å². The number of nitrogens with zero attached hydrogens (tertiary/aromatic N) is 2. The van der Waals surface area contributed by atoms with Crippen molar-refractivity contribution in [1.29, 1.82) is 0 Å². The molecule has 0 saturated carbocycles. The first-order valence-electron chi connectivity index (χ1n) is 10.1. The zero-order valence-corrected chi connectivity index (χ0v) is 18.7. The lowest BCUT2D eigenvalue weighted by molar-refractivity contribution is -0.120. The van der Waals surface area contributed by atoms with Crippen LogP contribution < -0.4 is 10.9 Å². The fraction of sp³-hybridized carbons (Fsp3) is 0.292.